The maximum Gasteiger partial charge on any atom is 0.244 e. The van der Waals surface area contributed by atoms with E-state index < -0.39 is 0 Å². The van der Waals surface area contributed by atoms with Crippen molar-refractivity contribution in [3.63, 3.8) is 0 Å². The average Bonchev–Trinajstić information content (AvgIpc) is 2.86. The van der Waals surface area contributed by atoms with E-state index in [0.717, 1.165) is 0 Å². The first kappa shape index (κ1) is 11.6. The van der Waals surface area contributed by atoms with E-state index in [9.17, 15) is 9.59 Å². The van der Waals surface area contributed by atoms with E-state index in [1.807, 2.05) is 13.8 Å². The highest BCUT2D eigenvalue weighted by Crippen LogP contribution is 2.20. The van der Waals surface area contributed by atoms with Gasteiger partial charge in [-0.1, -0.05) is 0 Å². The predicted molar refractivity (Wildman–Crippen MR) is 59.3 cm³/mol. The second kappa shape index (κ2) is 4.52. The van der Waals surface area contributed by atoms with Gasteiger partial charge in [-0.15, -0.1) is 10.2 Å². The van der Waals surface area contributed by atoms with Gasteiger partial charge in [0, 0.05) is 19.0 Å². The van der Waals surface area contributed by atoms with E-state index in [-0.39, 0.29) is 30.2 Å². The Balaban J connectivity index is 1.96. The van der Waals surface area contributed by atoms with Gasteiger partial charge in [-0.3, -0.25) is 15.0 Å². The van der Waals surface area contributed by atoms with Crippen LogP contribution in [0.4, 0.5) is 0 Å². The Hall–Kier alpha value is -1.92. The van der Waals surface area contributed by atoms with Gasteiger partial charge < -0.3 is 4.90 Å². The summed E-state index contributed by atoms with van der Waals surface area (Å²) in [6, 6.07) is 0.134. The second-order valence-electron chi connectivity index (χ2n) is 4.39. The maximum absolute atomic E-state index is 11.9. The molecule has 0 aliphatic carbocycles. The maximum atomic E-state index is 11.9. The van der Waals surface area contributed by atoms with Crippen LogP contribution in [0.2, 0.25) is 0 Å². The van der Waals surface area contributed by atoms with Crippen molar-refractivity contribution < 1.29 is 9.59 Å². The van der Waals surface area contributed by atoms with Gasteiger partial charge in [0.1, 0.15) is 12.7 Å². The SMILES string of the molecule is CC(C)N1C[C@@H](C(=O)Nn2cnnc2)CC1=O. The monoisotopic (exact) mass is 237 g/mol. The van der Waals surface area contributed by atoms with Crippen molar-refractivity contribution in [1.82, 2.24) is 19.8 Å². The van der Waals surface area contributed by atoms with Crippen LogP contribution in [0.1, 0.15) is 20.3 Å². The average molecular weight is 237 g/mol. The first-order valence-electron chi connectivity index (χ1n) is 5.53. The predicted octanol–water partition coefficient (Wildman–Crippen LogP) is -0.395. The molecule has 2 amide bonds. The van der Waals surface area contributed by atoms with Gasteiger partial charge in [-0.2, -0.15) is 0 Å². The Kier molecular flexibility index (Phi) is 3.08. The molecule has 1 saturated heterocycles. The summed E-state index contributed by atoms with van der Waals surface area (Å²) in [5.74, 6) is -0.447. The molecule has 7 nitrogen and oxygen atoms in total. The molecule has 0 aromatic carbocycles. The topological polar surface area (TPSA) is 80.1 Å². The highest BCUT2D eigenvalue weighted by molar-refractivity contribution is 5.93. The first-order valence-corrected chi connectivity index (χ1v) is 5.53. The van der Waals surface area contributed by atoms with Crippen molar-refractivity contribution in [2.75, 3.05) is 12.0 Å². The molecule has 0 radical (unpaired) electrons. The number of nitrogens with zero attached hydrogens (tertiary/aromatic N) is 4. The van der Waals surface area contributed by atoms with Gasteiger partial charge in [0.05, 0.1) is 5.92 Å². The quantitative estimate of drug-likeness (QED) is 0.776. The Bertz CT molecular complexity index is 414. The highest BCUT2D eigenvalue weighted by Gasteiger charge is 2.35. The zero-order chi connectivity index (χ0) is 12.4. The van der Waals surface area contributed by atoms with Gasteiger partial charge >= 0.3 is 0 Å². The van der Waals surface area contributed by atoms with Gasteiger partial charge in [0.15, 0.2) is 0 Å². The molecule has 1 aliphatic heterocycles. The zero-order valence-electron chi connectivity index (χ0n) is 9.83. The summed E-state index contributed by atoms with van der Waals surface area (Å²) in [7, 11) is 0. The molecular formula is C10H15N5O2. The molecule has 0 bridgehead atoms. The van der Waals surface area contributed by atoms with E-state index in [0.29, 0.717) is 6.54 Å². The molecule has 92 valence electrons. The number of hydrogen-bond acceptors (Lipinski definition) is 4. The third-order valence-corrected chi connectivity index (χ3v) is 2.81. The lowest BCUT2D eigenvalue weighted by Crippen LogP contribution is -2.34. The van der Waals surface area contributed by atoms with Crippen LogP contribution in [0.3, 0.4) is 0 Å². The summed E-state index contributed by atoms with van der Waals surface area (Å²) >= 11 is 0. The Labute approximate surface area is 98.8 Å². The van der Waals surface area contributed by atoms with Crippen molar-refractivity contribution in [1.29, 1.82) is 0 Å². The van der Waals surface area contributed by atoms with Crippen molar-refractivity contribution >= 4 is 11.8 Å². The number of rotatable bonds is 3. The fourth-order valence-corrected chi connectivity index (χ4v) is 1.88. The molecule has 1 aromatic heterocycles. The minimum atomic E-state index is -0.299. The third kappa shape index (κ3) is 2.43. The lowest BCUT2D eigenvalue weighted by Gasteiger charge is -2.20. The molecule has 1 aromatic rings. The van der Waals surface area contributed by atoms with Crippen LogP contribution in [0.25, 0.3) is 0 Å². The summed E-state index contributed by atoms with van der Waals surface area (Å²) in [5.41, 5.74) is 2.62. The largest absolute Gasteiger partial charge is 0.339 e. The highest BCUT2D eigenvalue weighted by atomic mass is 16.2. The Morgan fingerprint density at radius 3 is 2.65 bits per heavy atom. The van der Waals surface area contributed by atoms with Crippen LogP contribution < -0.4 is 5.43 Å². The Morgan fingerprint density at radius 2 is 2.12 bits per heavy atom. The summed E-state index contributed by atoms with van der Waals surface area (Å²) in [5, 5.41) is 7.16. The molecule has 17 heavy (non-hydrogen) atoms. The lowest BCUT2D eigenvalue weighted by atomic mass is 10.1. The number of nitrogens with one attached hydrogen (secondary N) is 1. The molecule has 2 rings (SSSR count). The van der Waals surface area contributed by atoms with Gasteiger partial charge in [-0.05, 0) is 13.8 Å². The van der Waals surface area contributed by atoms with Crippen LogP contribution in [-0.2, 0) is 9.59 Å². The fourth-order valence-electron chi connectivity index (χ4n) is 1.88. The summed E-state index contributed by atoms with van der Waals surface area (Å²) in [6.07, 6.45) is 3.07. The molecule has 1 N–H and O–H groups in total. The molecule has 0 unspecified atom stereocenters. The molecule has 1 aliphatic rings. The zero-order valence-corrected chi connectivity index (χ0v) is 9.83. The van der Waals surface area contributed by atoms with E-state index >= 15 is 0 Å². The van der Waals surface area contributed by atoms with Crippen molar-refractivity contribution in [2.45, 2.75) is 26.3 Å². The fraction of sp³-hybridized carbons (Fsp3) is 0.600. The minimum absolute atomic E-state index is 0.0314. The molecule has 7 heteroatoms. The number of amides is 2. The number of likely N-dealkylation sites (tertiary alicyclic amines) is 1. The molecule has 2 heterocycles. The molecule has 1 atom stereocenters. The smallest absolute Gasteiger partial charge is 0.244 e. The van der Waals surface area contributed by atoms with Crippen molar-refractivity contribution in [3.8, 4) is 0 Å². The van der Waals surface area contributed by atoms with Crippen LogP contribution in [0.15, 0.2) is 12.7 Å². The standard InChI is InChI=1S/C10H15N5O2/c1-7(2)15-4-8(3-9(15)16)10(17)13-14-5-11-12-6-14/h5-8H,3-4H2,1-2H3,(H,13,17)/t8-/m0/s1. The molecule has 0 saturated carbocycles. The van der Waals surface area contributed by atoms with Crippen LogP contribution >= 0.6 is 0 Å². The normalized spacial score (nSPS) is 20.1. The van der Waals surface area contributed by atoms with Crippen molar-refractivity contribution in [2.24, 2.45) is 5.92 Å². The molecule has 0 spiro atoms. The van der Waals surface area contributed by atoms with Gasteiger partial charge in [-0.25, -0.2) is 4.68 Å². The molecule has 1 fully saturated rings. The minimum Gasteiger partial charge on any atom is -0.339 e. The van der Waals surface area contributed by atoms with E-state index in [1.54, 1.807) is 4.90 Å². The second-order valence-corrected chi connectivity index (χ2v) is 4.39. The van der Waals surface area contributed by atoms with Gasteiger partial charge in [0.2, 0.25) is 11.8 Å². The van der Waals surface area contributed by atoms with E-state index in [1.165, 1.54) is 17.3 Å². The number of hydrogen-bond donors (Lipinski definition) is 1. The number of carbonyl (C=O) groups excluding carboxylic acids is 2. The Morgan fingerprint density at radius 1 is 1.47 bits per heavy atom. The van der Waals surface area contributed by atoms with Crippen LogP contribution in [-0.4, -0.2) is 44.2 Å². The molecular weight excluding hydrogens is 222 g/mol. The lowest BCUT2D eigenvalue weighted by molar-refractivity contribution is -0.129. The summed E-state index contributed by atoms with van der Waals surface area (Å²) in [6.45, 7) is 4.36. The van der Waals surface area contributed by atoms with E-state index in [2.05, 4.69) is 15.6 Å². The third-order valence-electron chi connectivity index (χ3n) is 2.81. The van der Waals surface area contributed by atoms with Crippen LogP contribution in [0.5, 0.6) is 0 Å². The van der Waals surface area contributed by atoms with Gasteiger partial charge in [0.25, 0.3) is 0 Å². The first-order chi connectivity index (χ1) is 8.08. The summed E-state index contributed by atoms with van der Waals surface area (Å²) in [4.78, 5) is 25.2. The van der Waals surface area contributed by atoms with Crippen molar-refractivity contribution in [3.05, 3.63) is 12.7 Å². The number of carbonyl (C=O) groups is 2. The number of aromatic nitrogens is 3. The summed E-state index contributed by atoms with van der Waals surface area (Å²) < 4.78 is 1.38. The van der Waals surface area contributed by atoms with E-state index in [4.69, 9.17) is 0 Å². The van der Waals surface area contributed by atoms with Crippen LogP contribution in [0, 0.1) is 5.92 Å².